The molecule has 0 spiro atoms. The number of rotatable bonds is 1. The Kier molecular flexibility index (Phi) is 2.45. The molecule has 0 saturated heterocycles. The number of aliphatic carboxylic acids is 1. The van der Waals surface area contributed by atoms with Crippen molar-refractivity contribution in [2.45, 2.75) is 40.0 Å². The lowest BCUT2D eigenvalue weighted by molar-refractivity contribution is -0.150. The van der Waals surface area contributed by atoms with Crippen LogP contribution in [0.15, 0.2) is 0 Å². The number of hydrogen-bond acceptors (Lipinski definition) is 1. The fourth-order valence-corrected chi connectivity index (χ4v) is 2.55. The van der Waals surface area contributed by atoms with Crippen LogP contribution in [0, 0.1) is 17.3 Å². The third-order valence-corrected chi connectivity index (χ3v) is 3.16. The average Bonchev–Trinajstić information content (AvgIpc) is 1.82. The van der Waals surface area contributed by atoms with Gasteiger partial charge in [-0.1, -0.05) is 27.2 Å². The number of carboxylic acids is 1. The fraction of sp³-hybridized carbons (Fsp3) is 0.900. The van der Waals surface area contributed by atoms with Gasteiger partial charge in [-0.15, -0.1) is 0 Å². The maximum atomic E-state index is 11.0. The first-order valence-electron chi connectivity index (χ1n) is 4.68. The van der Waals surface area contributed by atoms with Crippen molar-refractivity contribution in [3.63, 3.8) is 0 Å². The van der Waals surface area contributed by atoms with Crippen LogP contribution in [0.1, 0.15) is 40.0 Å². The molecule has 2 heteroatoms. The summed E-state index contributed by atoms with van der Waals surface area (Å²) < 4.78 is 0. The van der Waals surface area contributed by atoms with Crippen LogP contribution in [-0.2, 0) is 4.79 Å². The highest BCUT2D eigenvalue weighted by atomic mass is 16.4. The smallest absolute Gasteiger partial charge is 0.307 e. The highest BCUT2D eigenvalue weighted by Crippen LogP contribution is 2.43. The molecular formula is C10H18O2. The average molecular weight is 170 g/mol. The van der Waals surface area contributed by atoms with Crippen LogP contribution in [0.2, 0.25) is 0 Å². The van der Waals surface area contributed by atoms with Crippen molar-refractivity contribution in [3.8, 4) is 0 Å². The van der Waals surface area contributed by atoms with Gasteiger partial charge in [0.25, 0.3) is 0 Å². The van der Waals surface area contributed by atoms with Gasteiger partial charge in [-0.05, 0) is 24.2 Å². The summed E-state index contributed by atoms with van der Waals surface area (Å²) in [4.78, 5) is 11.0. The maximum Gasteiger partial charge on any atom is 0.307 e. The predicted octanol–water partition coefficient (Wildman–Crippen LogP) is 2.53. The van der Waals surface area contributed by atoms with Gasteiger partial charge in [-0.2, -0.15) is 0 Å². The van der Waals surface area contributed by atoms with Gasteiger partial charge in [0.1, 0.15) is 0 Å². The summed E-state index contributed by atoms with van der Waals surface area (Å²) >= 11 is 0. The van der Waals surface area contributed by atoms with Gasteiger partial charge in [-0.3, -0.25) is 4.79 Å². The van der Waals surface area contributed by atoms with Crippen molar-refractivity contribution in [3.05, 3.63) is 0 Å². The molecule has 0 amide bonds. The van der Waals surface area contributed by atoms with E-state index in [4.69, 9.17) is 5.11 Å². The van der Waals surface area contributed by atoms with Crippen molar-refractivity contribution in [2.75, 3.05) is 0 Å². The Hall–Kier alpha value is -0.530. The molecule has 1 fully saturated rings. The third kappa shape index (κ3) is 1.62. The number of carboxylic acid groups (broad SMARTS) is 1. The zero-order valence-corrected chi connectivity index (χ0v) is 8.13. The Morgan fingerprint density at radius 1 is 1.50 bits per heavy atom. The topological polar surface area (TPSA) is 37.3 Å². The first-order chi connectivity index (χ1) is 5.45. The molecule has 2 atom stereocenters. The molecule has 1 rings (SSSR count). The Labute approximate surface area is 74.0 Å². The largest absolute Gasteiger partial charge is 0.481 e. The van der Waals surface area contributed by atoms with Gasteiger partial charge in [0.05, 0.1) is 5.92 Å². The van der Waals surface area contributed by atoms with Crippen molar-refractivity contribution >= 4 is 5.97 Å². The minimum Gasteiger partial charge on any atom is -0.481 e. The van der Waals surface area contributed by atoms with Gasteiger partial charge in [0.2, 0.25) is 0 Å². The van der Waals surface area contributed by atoms with Crippen LogP contribution in [0.3, 0.4) is 0 Å². The van der Waals surface area contributed by atoms with E-state index in [9.17, 15) is 4.79 Å². The van der Waals surface area contributed by atoms with Crippen molar-refractivity contribution in [2.24, 2.45) is 17.3 Å². The van der Waals surface area contributed by atoms with Gasteiger partial charge in [0.15, 0.2) is 0 Å². The summed E-state index contributed by atoms with van der Waals surface area (Å²) in [5.74, 6) is -0.426. The van der Waals surface area contributed by atoms with E-state index < -0.39 is 5.97 Å². The lowest BCUT2D eigenvalue weighted by atomic mass is 9.64. The van der Waals surface area contributed by atoms with Crippen LogP contribution in [-0.4, -0.2) is 11.1 Å². The van der Waals surface area contributed by atoms with E-state index in [2.05, 4.69) is 20.8 Å². The number of hydrogen-bond donors (Lipinski definition) is 1. The van der Waals surface area contributed by atoms with E-state index in [1.54, 1.807) is 0 Å². The molecule has 2 nitrogen and oxygen atoms in total. The molecule has 0 aliphatic heterocycles. The summed E-state index contributed by atoms with van der Waals surface area (Å²) in [6, 6.07) is 0. The second-order valence-electron chi connectivity index (χ2n) is 4.67. The Bertz CT molecular complexity index is 184. The van der Waals surface area contributed by atoms with Gasteiger partial charge in [-0.25, -0.2) is 0 Å². The molecule has 70 valence electrons. The second-order valence-corrected chi connectivity index (χ2v) is 4.67. The molecule has 1 aliphatic carbocycles. The number of carbonyl (C=O) groups is 1. The minimum absolute atomic E-state index is 0.0104. The second kappa shape index (κ2) is 3.08. The highest BCUT2D eigenvalue weighted by molar-refractivity contribution is 5.71. The molecule has 0 heterocycles. The van der Waals surface area contributed by atoms with Crippen molar-refractivity contribution < 1.29 is 9.90 Å². The van der Waals surface area contributed by atoms with Crippen molar-refractivity contribution in [1.82, 2.24) is 0 Å². The first-order valence-corrected chi connectivity index (χ1v) is 4.68. The van der Waals surface area contributed by atoms with E-state index in [0.29, 0.717) is 5.92 Å². The molecule has 0 radical (unpaired) electrons. The first kappa shape index (κ1) is 9.56. The molecule has 0 bridgehead atoms. The van der Waals surface area contributed by atoms with Crippen LogP contribution < -0.4 is 0 Å². The lowest BCUT2D eigenvalue weighted by Crippen LogP contribution is -2.39. The van der Waals surface area contributed by atoms with Gasteiger partial charge >= 0.3 is 5.97 Å². The summed E-state index contributed by atoms with van der Waals surface area (Å²) in [7, 11) is 0. The molecule has 0 aromatic rings. The summed E-state index contributed by atoms with van der Waals surface area (Å²) in [5, 5.41) is 9.04. The summed E-state index contributed by atoms with van der Waals surface area (Å²) in [6.07, 6.45) is 3.30. The van der Waals surface area contributed by atoms with Crippen LogP contribution in [0.4, 0.5) is 0 Å². The summed E-state index contributed by atoms with van der Waals surface area (Å²) in [6.45, 7) is 6.20. The Morgan fingerprint density at radius 3 is 2.42 bits per heavy atom. The van der Waals surface area contributed by atoms with E-state index in [-0.39, 0.29) is 11.3 Å². The Balaban J connectivity index is 2.81. The van der Waals surface area contributed by atoms with Crippen molar-refractivity contribution in [1.29, 1.82) is 0 Å². The van der Waals surface area contributed by atoms with Crippen LogP contribution >= 0.6 is 0 Å². The monoisotopic (exact) mass is 170 g/mol. The molecule has 0 aromatic carbocycles. The summed E-state index contributed by atoms with van der Waals surface area (Å²) in [5.41, 5.74) is -0.0104. The molecule has 1 aliphatic rings. The van der Waals surface area contributed by atoms with Crippen LogP contribution in [0.5, 0.6) is 0 Å². The predicted molar refractivity (Wildman–Crippen MR) is 47.9 cm³/mol. The maximum absolute atomic E-state index is 11.0. The molecule has 1 N–H and O–H groups in total. The molecule has 1 saturated carbocycles. The van der Waals surface area contributed by atoms with Crippen LogP contribution in [0.25, 0.3) is 0 Å². The molecule has 12 heavy (non-hydrogen) atoms. The van der Waals surface area contributed by atoms with E-state index in [0.717, 1.165) is 12.8 Å². The highest BCUT2D eigenvalue weighted by Gasteiger charge is 2.41. The van der Waals surface area contributed by atoms with Gasteiger partial charge < -0.3 is 5.11 Å². The molecule has 1 unspecified atom stereocenters. The minimum atomic E-state index is -0.618. The van der Waals surface area contributed by atoms with E-state index in [1.165, 1.54) is 6.42 Å². The Morgan fingerprint density at radius 2 is 2.08 bits per heavy atom. The zero-order valence-electron chi connectivity index (χ0n) is 8.13. The third-order valence-electron chi connectivity index (χ3n) is 3.16. The molecule has 0 aromatic heterocycles. The van der Waals surface area contributed by atoms with Gasteiger partial charge in [0, 0.05) is 0 Å². The SMILES string of the molecule is CC1CCCC(C)(C)[C@H]1C(=O)O. The van der Waals surface area contributed by atoms with E-state index in [1.807, 2.05) is 0 Å². The lowest BCUT2D eigenvalue weighted by Gasteiger charge is -2.40. The normalized spacial score (nSPS) is 34.6. The van der Waals surface area contributed by atoms with E-state index >= 15 is 0 Å². The quantitative estimate of drug-likeness (QED) is 0.656. The zero-order chi connectivity index (χ0) is 9.35. The fourth-order valence-electron chi connectivity index (χ4n) is 2.55. The molecular weight excluding hydrogens is 152 g/mol. The standard InChI is InChI=1S/C10H18O2/c1-7-5-4-6-10(2,3)8(7)9(11)12/h7-8H,4-6H2,1-3H3,(H,11,12)/t7?,8-/m1/s1.